The number of carboxylic acids is 2. The Morgan fingerprint density at radius 2 is 1.14 bits per heavy atom. The van der Waals surface area contributed by atoms with E-state index in [9.17, 15) is 53.7 Å². The van der Waals surface area contributed by atoms with E-state index >= 15 is 0 Å². The molecule has 0 spiro atoms. The molecular formula is C32H47N7O11. The van der Waals surface area contributed by atoms with Crippen molar-refractivity contribution in [3.8, 4) is 5.75 Å². The smallest absolute Gasteiger partial charge is 0.326 e. The number of hydrogen-bond acceptors (Lipinski definition) is 10. The van der Waals surface area contributed by atoms with Gasteiger partial charge in [-0.05, 0) is 42.4 Å². The van der Waals surface area contributed by atoms with Crippen molar-refractivity contribution in [2.75, 3.05) is 0 Å². The summed E-state index contributed by atoms with van der Waals surface area (Å²) in [6.45, 7) is 9.82. The summed E-state index contributed by atoms with van der Waals surface area (Å²) in [5.74, 6) is -9.84. The van der Waals surface area contributed by atoms with Gasteiger partial charge in [0.2, 0.25) is 35.4 Å². The number of aliphatic carboxylic acids is 2. The van der Waals surface area contributed by atoms with E-state index < -0.39 is 108 Å². The predicted molar refractivity (Wildman–Crippen MR) is 178 cm³/mol. The molecule has 0 aromatic heterocycles. The van der Waals surface area contributed by atoms with Crippen molar-refractivity contribution >= 4 is 47.4 Å². The number of phenols is 1. The molecule has 276 valence electrons. The first-order chi connectivity index (χ1) is 23.3. The lowest BCUT2D eigenvalue weighted by molar-refractivity contribution is -0.144. The summed E-state index contributed by atoms with van der Waals surface area (Å²) in [6, 6.07) is -2.55. The lowest BCUT2D eigenvalue weighted by Gasteiger charge is -2.29. The number of primary amides is 1. The molecule has 0 aliphatic heterocycles. The Morgan fingerprint density at radius 3 is 1.58 bits per heavy atom. The monoisotopic (exact) mass is 705 g/mol. The highest BCUT2D eigenvalue weighted by molar-refractivity contribution is 5.98. The standard InChI is InChI=1S/C32H47N7O11/c1-6-7-20(32(49)50)35-29(46)22(14-24(42)43)36-28(45)21(13-23(34)41)37-30(47)25(15(2)3)39-31(48)26(16(4)5)38-27(44)19(33)12-17-8-10-18(40)11-9-17/h6,8-11,15-16,19-22,25-26,40H,1,7,12-14,33H2,2-5H3,(H2,34,41)(H,35,46)(H,36,45)(H,37,47)(H,38,44)(H,39,48)(H,42,43)(H,49,50)/t19-,20-,21-,22-,25-,26-/m0/s1. The lowest BCUT2D eigenvalue weighted by atomic mass is 9.98. The third-order valence-electron chi connectivity index (χ3n) is 7.29. The van der Waals surface area contributed by atoms with Gasteiger partial charge in [-0.3, -0.25) is 33.6 Å². The van der Waals surface area contributed by atoms with E-state index in [1.807, 2.05) is 0 Å². The fourth-order valence-corrected chi connectivity index (χ4v) is 4.54. The summed E-state index contributed by atoms with van der Waals surface area (Å²) in [5, 5.41) is 39.7. The lowest BCUT2D eigenvalue weighted by Crippen LogP contribution is -2.61. The molecule has 0 radical (unpaired) electrons. The second kappa shape index (κ2) is 20.1. The van der Waals surface area contributed by atoms with Crippen LogP contribution >= 0.6 is 0 Å². The molecular weight excluding hydrogens is 658 g/mol. The normalized spacial score (nSPS) is 14.5. The van der Waals surface area contributed by atoms with E-state index in [0.29, 0.717) is 5.56 Å². The number of carboxylic acid groups (broad SMARTS) is 2. The first-order valence-corrected chi connectivity index (χ1v) is 15.7. The van der Waals surface area contributed by atoms with Gasteiger partial charge in [-0.25, -0.2) is 4.79 Å². The highest BCUT2D eigenvalue weighted by Crippen LogP contribution is 2.12. The number of carbonyl (C=O) groups is 8. The van der Waals surface area contributed by atoms with E-state index in [4.69, 9.17) is 11.5 Å². The number of carbonyl (C=O) groups excluding carboxylic acids is 6. The molecule has 0 aliphatic carbocycles. The first-order valence-electron chi connectivity index (χ1n) is 15.7. The molecule has 0 aliphatic rings. The van der Waals surface area contributed by atoms with Crippen LogP contribution < -0.4 is 38.1 Å². The summed E-state index contributed by atoms with van der Waals surface area (Å²) in [6.07, 6.45) is -0.692. The molecule has 0 saturated carbocycles. The molecule has 1 rings (SSSR count). The summed E-state index contributed by atoms with van der Waals surface area (Å²) in [4.78, 5) is 100. The van der Waals surface area contributed by atoms with Gasteiger partial charge in [-0.2, -0.15) is 0 Å². The molecule has 50 heavy (non-hydrogen) atoms. The summed E-state index contributed by atoms with van der Waals surface area (Å²) in [5.41, 5.74) is 12.0. The Labute approximate surface area is 288 Å². The van der Waals surface area contributed by atoms with Gasteiger partial charge in [0.15, 0.2) is 0 Å². The van der Waals surface area contributed by atoms with E-state index in [1.165, 1.54) is 18.2 Å². The Balaban J connectivity index is 3.14. The van der Waals surface area contributed by atoms with Crippen LogP contribution in [0.25, 0.3) is 0 Å². The van der Waals surface area contributed by atoms with Gasteiger partial charge in [0, 0.05) is 0 Å². The van der Waals surface area contributed by atoms with Crippen LogP contribution in [0.4, 0.5) is 0 Å². The SMILES string of the molecule is C=CC[C@H](NC(=O)[C@H](CC(=O)O)NC(=O)[C@H](CC(N)=O)NC(=O)[C@@H](NC(=O)[C@@H](NC(=O)[C@@H](N)Cc1ccc(O)cc1)C(C)C)C(C)C)C(=O)O. The fourth-order valence-electron chi connectivity index (χ4n) is 4.54. The van der Waals surface area contributed by atoms with Gasteiger partial charge in [0.1, 0.15) is 36.0 Å². The Kier molecular flexibility index (Phi) is 17.1. The van der Waals surface area contributed by atoms with Crippen LogP contribution in [0, 0.1) is 11.8 Å². The van der Waals surface area contributed by atoms with Crippen molar-refractivity contribution in [2.45, 2.75) is 89.6 Å². The Morgan fingerprint density at radius 1 is 0.700 bits per heavy atom. The zero-order chi connectivity index (χ0) is 38.3. The van der Waals surface area contributed by atoms with E-state index in [0.717, 1.165) is 0 Å². The van der Waals surface area contributed by atoms with Crippen molar-refractivity contribution in [3.63, 3.8) is 0 Å². The third-order valence-corrected chi connectivity index (χ3v) is 7.29. The molecule has 18 nitrogen and oxygen atoms in total. The van der Waals surface area contributed by atoms with E-state index in [1.54, 1.807) is 39.8 Å². The average molecular weight is 706 g/mol. The number of nitrogens with one attached hydrogen (secondary N) is 5. The number of amides is 6. The summed E-state index contributed by atoms with van der Waals surface area (Å²) < 4.78 is 0. The molecule has 1 aromatic carbocycles. The number of nitrogens with two attached hydrogens (primary N) is 2. The Bertz CT molecular complexity index is 1420. The number of hydrogen-bond donors (Lipinski definition) is 10. The molecule has 0 saturated heterocycles. The van der Waals surface area contributed by atoms with Crippen LogP contribution in [0.2, 0.25) is 0 Å². The van der Waals surface area contributed by atoms with Crippen LogP contribution in [-0.4, -0.2) is 99.0 Å². The molecule has 6 amide bonds. The van der Waals surface area contributed by atoms with Crippen molar-refractivity contribution in [3.05, 3.63) is 42.5 Å². The zero-order valence-corrected chi connectivity index (χ0v) is 28.3. The fraction of sp³-hybridized carbons (Fsp3) is 0.500. The zero-order valence-electron chi connectivity index (χ0n) is 28.3. The highest BCUT2D eigenvalue weighted by atomic mass is 16.4. The van der Waals surface area contributed by atoms with Crippen molar-refractivity contribution < 1.29 is 53.7 Å². The van der Waals surface area contributed by atoms with Crippen molar-refractivity contribution in [2.24, 2.45) is 23.3 Å². The molecule has 0 heterocycles. The van der Waals surface area contributed by atoms with Crippen molar-refractivity contribution in [1.29, 1.82) is 0 Å². The summed E-state index contributed by atoms with van der Waals surface area (Å²) >= 11 is 0. The number of phenolic OH excluding ortho intramolecular Hbond substituents is 1. The maximum Gasteiger partial charge on any atom is 0.326 e. The second-order valence-corrected chi connectivity index (χ2v) is 12.3. The van der Waals surface area contributed by atoms with Gasteiger partial charge in [-0.15, -0.1) is 6.58 Å². The first kappa shape index (κ1) is 42.5. The maximum absolute atomic E-state index is 13.4. The predicted octanol–water partition coefficient (Wildman–Crippen LogP) is -1.99. The topological polar surface area (TPSA) is 309 Å². The maximum atomic E-state index is 13.4. The van der Waals surface area contributed by atoms with E-state index in [2.05, 4.69) is 33.2 Å². The van der Waals surface area contributed by atoms with Gasteiger partial charge in [-0.1, -0.05) is 45.9 Å². The molecule has 0 unspecified atom stereocenters. The minimum atomic E-state index is -1.82. The van der Waals surface area contributed by atoms with E-state index in [-0.39, 0.29) is 18.6 Å². The van der Waals surface area contributed by atoms with Gasteiger partial charge >= 0.3 is 11.9 Å². The molecule has 0 fully saturated rings. The van der Waals surface area contributed by atoms with Crippen LogP contribution in [0.1, 0.15) is 52.5 Å². The van der Waals surface area contributed by atoms with Gasteiger partial charge in [0.25, 0.3) is 0 Å². The minimum absolute atomic E-state index is 0.0361. The van der Waals surface area contributed by atoms with Crippen LogP contribution in [0.15, 0.2) is 36.9 Å². The quantitative estimate of drug-likeness (QED) is 0.0622. The molecule has 0 bridgehead atoms. The van der Waals surface area contributed by atoms with Crippen molar-refractivity contribution in [1.82, 2.24) is 26.6 Å². The Hall–Kier alpha value is -5.52. The molecule has 1 aromatic rings. The minimum Gasteiger partial charge on any atom is -0.508 e. The average Bonchev–Trinajstić information content (AvgIpc) is 3.01. The van der Waals surface area contributed by atoms with Crippen LogP contribution in [0.3, 0.4) is 0 Å². The number of rotatable bonds is 21. The molecule has 12 N–H and O–H groups in total. The summed E-state index contributed by atoms with van der Waals surface area (Å²) in [7, 11) is 0. The third kappa shape index (κ3) is 14.3. The van der Waals surface area contributed by atoms with Crippen LogP contribution in [-0.2, 0) is 44.8 Å². The molecule has 18 heteroatoms. The van der Waals surface area contributed by atoms with Gasteiger partial charge in [0.05, 0.1) is 18.9 Å². The van der Waals surface area contributed by atoms with Crippen LogP contribution in [0.5, 0.6) is 5.75 Å². The number of benzene rings is 1. The highest BCUT2D eigenvalue weighted by Gasteiger charge is 2.35. The number of aromatic hydroxyl groups is 1. The largest absolute Gasteiger partial charge is 0.508 e. The molecule has 6 atom stereocenters. The van der Waals surface area contributed by atoms with Gasteiger partial charge < -0.3 is 53.4 Å². The second-order valence-electron chi connectivity index (χ2n) is 12.3.